The maximum atomic E-state index is 13.7. The molecule has 244 valence electrons. The molecule has 0 radical (unpaired) electrons. The lowest BCUT2D eigenvalue weighted by molar-refractivity contribution is -0.185. The molecule has 12 heteroatoms. The van der Waals surface area contributed by atoms with Gasteiger partial charge in [-0.3, -0.25) is 19.2 Å². The topological polar surface area (TPSA) is 155 Å². The number of allylic oxidation sites excluding steroid dienone is 2. The van der Waals surface area contributed by atoms with E-state index >= 15 is 0 Å². The molecule has 4 aliphatic heterocycles. The SMILES string of the molecule is O=C(OCCCC1CO1)C1C2C=CC(C1C(=O)OCCCC1CO1)C(C(=O)OCCCC1CO1)C2C(=O)OCCCC1CO1. The van der Waals surface area contributed by atoms with Crippen molar-refractivity contribution in [2.75, 3.05) is 52.9 Å². The van der Waals surface area contributed by atoms with Crippen molar-refractivity contribution in [2.24, 2.45) is 35.5 Å². The van der Waals surface area contributed by atoms with Gasteiger partial charge in [0.25, 0.3) is 0 Å². The average Bonchev–Trinajstić information content (AvgIpc) is 3.82. The number of hydrogen-bond acceptors (Lipinski definition) is 12. The predicted molar refractivity (Wildman–Crippen MR) is 150 cm³/mol. The summed E-state index contributed by atoms with van der Waals surface area (Å²) in [5, 5.41) is 0. The molecule has 0 amide bonds. The molecule has 0 N–H and O–H groups in total. The third-order valence-electron chi connectivity index (χ3n) is 9.35. The third-order valence-corrected chi connectivity index (χ3v) is 9.35. The maximum absolute atomic E-state index is 13.7. The summed E-state index contributed by atoms with van der Waals surface area (Å²) in [6, 6.07) is 0. The van der Waals surface area contributed by atoms with Crippen molar-refractivity contribution < 1.29 is 57.1 Å². The normalized spacial score (nSPS) is 35.5. The Bertz CT molecular complexity index is 901. The third kappa shape index (κ3) is 8.58. The van der Waals surface area contributed by atoms with Gasteiger partial charge in [-0.15, -0.1) is 0 Å². The van der Waals surface area contributed by atoms with Crippen LogP contribution < -0.4 is 0 Å². The summed E-state index contributed by atoms with van der Waals surface area (Å²) in [5.74, 6) is -7.83. The summed E-state index contributed by atoms with van der Waals surface area (Å²) >= 11 is 0. The van der Waals surface area contributed by atoms with Crippen LogP contribution in [0.2, 0.25) is 0 Å². The van der Waals surface area contributed by atoms with Crippen LogP contribution in [0.5, 0.6) is 0 Å². The van der Waals surface area contributed by atoms with Gasteiger partial charge in [0.15, 0.2) is 0 Å². The Kier molecular flexibility index (Phi) is 10.5. The molecule has 44 heavy (non-hydrogen) atoms. The second-order valence-corrected chi connectivity index (χ2v) is 12.7. The fourth-order valence-corrected chi connectivity index (χ4v) is 6.61. The molecule has 0 aromatic carbocycles. The lowest BCUT2D eigenvalue weighted by Crippen LogP contribution is -2.58. The van der Waals surface area contributed by atoms with Gasteiger partial charge >= 0.3 is 23.9 Å². The zero-order chi connectivity index (χ0) is 30.5. The molecular formula is C32H44O12. The van der Waals surface area contributed by atoms with Gasteiger partial charge in [0, 0.05) is 11.8 Å². The summed E-state index contributed by atoms with van der Waals surface area (Å²) in [7, 11) is 0. The molecule has 3 aliphatic carbocycles. The van der Waals surface area contributed by atoms with Crippen LogP contribution in [0.4, 0.5) is 0 Å². The van der Waals surface area contributed by atoms with Crippen molar-refractivity contribution in [1.82, 2.24) is 0 Å². The Labute approximate surface area is 257 Å². The molecule has 0 aromatic heterocycles. The van der Waals surface area contributed by atoms with Crippen LogP contribution in [0.1, 0.15) is 51.4 Å². The van der Waals surface area contributed by atoms with Gasteiger partial charge < -0.3 is 37.9 Å². The quantitative estimate of drug-likeness (QED) is 0.0644. The van der Waals surface area contributed by atoms with E-state index in [1.165, 1.54) is 0 Å². The molecule has 0 aromatic rings. The summed E-state index contributed by atoms with van der Waals surface area (Å²) in [5.41, 5.74) is 0. The molecule has 5 fully saturated rings. The van der Waals surface area contributed by atoms with E-state index in [2.05, 4.69) is 0 Å². The molecule has 7 aliphatic rings. The van der Waals surface area contributed by atoms with Crippen molar-refractivity contribution in [3.8, 4) is 0 Å². The molecule has 1 saturated carbocycles. The fraction of sp³-hybridized carbons (Fsp3) is 0.812. The summed E-state index contributed by atoms with van der Waals surface area (Å²) in [4.78, 5) is 54.6. The van der Waals surface area contributed by atoms with Gasteiger partial charge in [0.1, 0.15) is 0 Å². The van der Waals surface area contributed by atoms with E-state index in [-0.39, 0.29) is 50.8 Å². The standard InChI is InChI=1S/C32H44O12/c33-29(37-11-1-5-19-15-41-19)25-23-9-10-24(26(25)30(34)38-12-2-6-20-16-42-20)28(32(36)40-14-4-8-22-18-44-22)27(23)31(35)39-13-3-7-21-17-43-21/h9-10,19-28H,1-8,11-18H2. The van der Waals surface area contributed by atoms with Crippen molar-refractivity contribution in [1.29, 1.82) is 0 Å². The number of carbonyl (C=O) groups is 4. The average molecular weight is 621 g/mol. The maximum Gasteiger partial charge on any atom is 0.310 e. The second-order valence-electron chi connectivity index (χ2n) is 12.7. The highest BCUT2D eigenvalue weighted by Crippen LogP contribution is 2.53. The van der Waals surface area contributed by atoms with Gasteiger partial charge in [-0.25, -0.2) is 0 Å². The largest absolute Gasteiger partial charge is 0.465 e. The Morgan fingerprint density at radius 3 is 0.886 bits per heavy atom. The first-order chi connectivity index (χ1) is 21.5. The minimum Gasteiger partial charge on any atom is -0.465 e. The fourth-order valence-electron chi connectivity index (χ4n) is 6.61. The Morgan fingerprint density at radius 1 is 0.455 bits per heavy atom. The first kappa shape index (κ1) is 31.4. The summed E-state index contributed by atoms with van der Waals surface area (Å²) < 4.78 is 43.7. The summed E-state index contributed by atoms with van der Waals surface area (Å²) in [6.07, 6.45) is 9.99. The lowest BCUT2D eigenvalue weighted by Gasteiger charge is -2.49. The molecule has 7 rings (SSSR count). The van der Waals surface area contributed by atoms with Crippen LogP contribution in [0.3, 0.4) is 0 Å². The van der Waals surface area contributed by atoms with Gasteiger partial charge in [-0.05, 0) is 51.4 Å². The van der Waals surface area contributed by atoms with Crippen LogP contribution in [-0.2, 0) is 57.1 Å². The van der Waals surface area contributed by atoms with E-state index in [1.54, 1.807) is 12.2 Å². The van der Waals surface area contributed by atoms with Crippen molar-refractivity contribution in [2.45, 2.75) is 75.8 Å². The molecule has 8 unspecified atom stereocenters. The number of carbonyl (C=O) groups excluding carboxylic acids is 4. The Balaban J connectivity index is 1.17. The van der Waals surface area contributed by atoms with Crippen LogP contribution in [0.15, 0.2) is 12.2 Å². The highest BCUT2D eigenvalue weighted by molar-refractivity contribution is 5.90. The molecule has 4 saturated heterocycles. The van der Waals surface area contributed by atoms with Gasteiger partial charge in [0.2, 0.25) is 0 Å². The first-order valence-corrected chi connectivity index (χ1v) is 16.3. The number of esters is 4. The van der Waals surface area contributed by atoms with Crippen molar-refractivity contribution >= 4 is 23.9 Å². The number of hydrogen-bond donors (Lipinski definition) is 0. The molecule has 2 bridgehead atoms. The lowest BCUT2D eigenvalue weighted by atomic mass is 9.53. The number of ether oxygens (including phenoxy) is 8. The van der Waals surface area contributed by atoms with Gasteiger partial charge in [-0.2, -0.15) is 0 Å². The predicted octanol–water partition coefficient (Wildman–Crippen LogP) is 2.16. The number of rotatable bonds is 20. The number of epoxide rings is 4. The molecule has 4 heterocycles. The van der Waals surface area contributed by atoms with Gasteiger partial charge in [-0.1, -0.05) is 12.2 Å². The van der Waals surface area contributed by atoms with Crippen LogP contribution >= 0.6 is 0 Å². The smallest absolute Gasteiger partial charge is 0.310 e. The van der Waals surface area contributed by atoms with Crippen LogP contribution in [0.25, 0.3) is 0 Å². The molecule has 0 spiro atoms. The monoisotopic (exact) mass is 620 g/mol. The highest BCUT2D eigenvalue weighted by Gasteiger charge is 2.62. The minimum atomic E-state index is -0.991. The van der Waals surface area contributed by atoms with E-state index in [4.69, 9.17) is 37.9 Å². The molecule has 8 atom stereocenters. The number of fused-ring (bicyclic) bond motifs is 2. The van der Waals surface area contributed by atoms with Gasteiger partial charge in [0.05, 0.1) is 101 Å². The van der Waals surface area contributed by atoms with E-state index in [0.717, 1.165) is 52.1 Å². The van der Waals surface area contributed by atoms with Crippen molar-refractivity contribution in [3.63, 3.8) is 0 Å². The molecular weight excluding hydrogens is 576 g/mol. The van der Waals surface area contributed by atoms with E-state index in [0.29, 0.717) is 25.7 Å². The summed E-state index contributed by atoms with van der Waals surface area (Å²) in [6.45, 7) is 3.57. The molecule has 12 nitrogen and oxygen atoms in total. The van der Waals surface area contributed by atoms with E-state index in [1.807, 2.05) is 0 Å². The van der Waals surface area contributed by atoms with Crippen molar-refractivity contribution in [3.05, 3.63) is 12.2 Å². The second kappa shape index (κ2) is 14.7. The minimum absolute atomic E-state index is 0.175. The highest BCUT2D eigenvalue weighted by atomic mass is 16.6. The van der Waals surface area contributed by atoms with Crippen LogP contribution in [0, 0.1) is 35.5 Å². The Morgan fingerprint density at radius 2 is 0.682 bits per heavy atom. The zero-order valence-corrected chi connectivity index (χ0v) is 25.1. The van der Waals surface area contributed by atoms with E-state index in [9.17, 15) is 19.2 Å². The van der Waals surface area contributed by atoms with Crippen LogP contribution in [-0.4, -0.2) is 101 Å². The Hall–Kier alpha value is -2.54. The van der Waals surface area contributed by atoms with E-state index < -0.39 is 59.4 Å². The zero-order valence-electron chi connectivity index (χ0n) is 25.1. The first-order valence-electron chi connectivity index (χ1n) is 16.3.